The second kappa shape index (κ2) is 5.48. The number of sulfonamides is 1. The van der Waals surface area contributed by atoms with E-state index in [2.05, 4.69) is 5.32 Å². The number of benzene rings is 1. The van der Waals surface area contributed by atoms with Gasteiger partial charge in [-0.15, -0.1) is 12.4 Å². The Kier molecular flexibility index (Phi) is 4.66. The fourth-order valence-corrected chi connectivity index (χ4v) is 2.44. The van der Waals surface area contributed by atoms with Crippen molar-refractivity contribution in [2.75, 3.05) is 0 Å². The molecule has 1 aromatic carbocycles. The molecule has 4 nitrogen and oxygen atoms in total. The summed E-state index contributed by atoms with van der Waals surface area (Å²) in [4.78, 5) is 0.00791. The highest BCUT2D eigenvalue weighted by molar-refractivity contribution is 7.89. The van der Waals surface area contributed by atoms with E-state index in [-0.39, 0.29) is 30.3 Å². The molecule has 0 amide bonds. The summed E-state index contributed by atoms with van der Waals surface area (Å²) in [5, 5.41) is 7.66. The van der Waals surface area contributed by atoms with Crippen molar-refractivity contribution >= 4 is 22.4 Å². The molecule has 102 valence electrons. The number of alkyl halides is 2. The minimum atomic E-state index is -3.74. The first kappa shape index (κ1) is 15.3. The highest BCUT2D eigenvalue weighted by Gasteiger charge is 2.26. The molecule has 8 heteroatoms. The Balaban J connectivity index is 0.00000162. The second-order valence-corrected chi connectivity index (χ2v) is 5.56. The molecule has 0 fully saturated rings. The molecule has 0 radical (unpaired) electrons. The zero-order valence-corrected chi connectivity index (χ0v) is 10.9. The molecule has 1 aliphatic heterocycles. The van der Waals surface area contributed by atoms with Crippen LogP contribution in [0.4, 0.5) is 8.78 Å². The Morgan fingerprint density at radius 3 is 2.56 bits per heavy atom. The quantitative estimate of drug-likeness (QED) is 0.857. The molecule has 1 unspecified atom stereocenters. The number of halogens is 3. The van der Waals surface area contributed by atoms with Crippen molar-refractivity contribution in [1.82, 2.24) is 5.32 Å². The summed E-state index contributed by atoms with van der Waals surface area (Å²) in [6.07, 6.45) is -2.24. The number of hydrogen-bond donors (Lipinski definition) is 2. The van der Waals surface area contributed by atoms with Crippen LogP contribution in [0.3, 0.4) is 0 Å². The summed E-state index contributed by atoms with van der Waals surface area (Å²) in [5.41, 5.74) is 1.44. The zero-order chi connectivity index (χ0) is 12.6. The van der Waals surface area contributed by atoms with Crippen LogP contribution in [0.5, 0.6) is 0 Å². The second-order valence-electron chi connectivity index (χ2n) is 4.00. The van der Waals surface area contributed by atoms with E-state index in [1.54, 1.807) is 6.07 Å². The van der Waals surface area contributed by atoms with Crippen LogP contribution in [0.2, 0.25) is 0 Å². The average molecular weight is 299 g/mol. The predicted molar refractivity (Wildman–Crippen MR) is 65.4 cm³/mol. The fraction of sp³-hybridized carbons (Fsp3) is 0.400. The van der Waals surface area contributed by atoms with Crippen LogP contribution in [-0.4, -0.2) is 20.9 Å². The van der Waals surface area contributed by atoms with E-state index < -0.39 is 22.5 Å². The van der Waals surface area contributed by atoms with Gasteiger partial charge in [0.25, 0.3) is 6.43 Å². The average Bonchev–Trinajstić information content (AvgIpc) is 2.26. The zero-order valence-electron chi connectivity index (χ0n) is 9.27. The van der Waals surface area contributed by atoms with E-state index in [0.29, 0.717) is 5.56 Å². The smallest absolute Gasteiger partial charge is 0.254 e. The predicted octanol–water partition coefficient (Wildman–Crippen LogP) is 1.04. The molecule has 1 aromatic rings. The molecule has 1 aliphatic rings. The molecule has 0 bridgehead atoms. The Bertz CT molecular complexity index is 537. The SMILES string of the molecule is Cl.NS(=O)(=O)c1ccc2c(c1)CNC(C(F)F)C2. The lowest BCUT2D eigenvalue weighted by molar-refractivity contribution is 0.0941. The van der Waals surface area contributed by atoms with Crippen LogP contribution in [0.25, 0.3) is 0 Å². The highest BCUT2D eigenvalue weighted by Crippen LogP contribution is 2.22. The Labute approximate surface area is 110 Å². The van der Waals surface area contributed by atoms with Crippen molar-refractivity contribution in [3.63, 3.8) is 0 Å². The van der Waals surface area contributed by atoms with Crippen molar-refractivity contribution in [2.24, 2.45) is 5.14 Å². The van der Waals surface area contributed by atoms with Crippen molar-refractivity contribution in [1.29, 1.82) is 0 Å². The van der Waals surface area contributed by atoms with E-state index in [9.17, 15) is 17.2 Å². The highest BCUT2D eigenvalue weighted by atomic mass is 35.5. The molecule has 0 saturated heterocycles. The minimum Gasteiger partial charge on any atom is -0.304 e. The Morgan fingerprint density at radius 2 is 2.00 bits per heavy atom. The maximum atomic E-state index is 12.5. The number of fused-ring (bicyclic) bond motifs is 1. The summed E-state index contributed by atoms with van der Waals surface area (Å²) in [6.45, 7) is 0.230. The summed E-state index contributed by atoms with van der Waals surface area (Å²) in [5.74, 6) is 0. The fourth-order valence-electron chi connectivity index (χ4n) is 1.87. The van der Waals surface area contributed by atoms with Crippen molar-refractivity contribution in [3.8, 4) is 0 Å². The topological polar surface area (TPSA) is 72.2 Å². The molecule has 0 saturated carbocycles. The molecular formula is C10H13ClF2N2O2S. The van der Waals surface area contributed by atoms with Gasteiger partial charge in [0.2, 0.25) is 10.0 Å². The normalized spacial score (nSPS) is 19.2. The van der Waals surface area contributed by atoms with E-state index in [1.807, 2.05) is 0 Å². The Hall–Kier alpha value is -0.760. The number of nitrogens with one attached hydrogen (secondary N) is 1. The van der Waals surface area contributed by atoms with Gasteiger partial charge in [0, 0.05) is 6.54 Å². The largest absolute Gasteiger partial charge is 0.304 e. The third-order valence-corrected chi connectivity index (χ3v) is 3.72. The number of nitrogens with two attached hydrogens (primary N) is 1. The van der Waals surface area contributed by atoms with Gasteiger partial charge < -0.3 is 5.32 Å². The first-order valence-electron chi connectivity index (χ1n) is 5.04. The van der Waals surface area contributed by atoms with E-state index >= 15 is 0 Å². The first-order valence-corrected chi connectivity index (χ1v) is 6.58. The molecule has 1 heterocycles. The molecule has 2 rings (SSSR count). The van der Waals surface area contributed by atoms with Crippen molar-refractivity contribution in [2.45, 2.75) is 30.3 Å². The molecule has 0 aromatic heterocycles. The van der Waals surface area contributed by atoms with Gasteiger partial charge in [-0.25, -0.2) is 22.3 Å². The minimum absolute atomic E-state index is 0. The van der Waals surface area contributed by atoms with Gasteiger partial charge in [0.15, 0.2) is 0 Å². The van der Waals surface area contributed by atoms with Crippen LogP contribution < -0.4 is 10.5 Å². The molecular weight excluding hydrogens is 286 g/mol. The van der Waals surface area contributed by atoms with Crippen LogP contribution in [0, 0.1) is 0 Å². The van der Waals surface area contributed by atoms with Crippen LogP contribution in [0.1, 0.15) is 11.1 Å². The summed E-state index contributed by atoms with van der Waals surface area (Å²) in [7, 11) is -3.74. The van der Waals surface area contributed by atoms with E-state index in [1.165, 1.54) is 12.1 Å². The number of hydrogen-bond acceptors (Lipinski definition) is 3. The molecule has 1 atom stereocenters. The van der Waals surface area contributed by atoms with Crippen molar-refractivity contribution in [3.05, 3.63) is 29.3 Å². The summed E-state index contributed by atoms with van der Waals surface area (Å²) >= 11 is 0. The van der Waals surface area contributed by atoms with Crippen molar-refractivity contribution < 1.29 is 17.2 Å². The monoisotopic (exact) mass is 298 g/mol. The summed E-state index contributed by atoms with van der Waals surface area (Å²) < 4.78 is 47.3. The molecule has 18 heavy (non-hydrogen) atoms. The molecule has 3 N–H and O–H groups in total. The Morgan fingerprint density at radius 1 is 1.33 bits per heavy atom. The molecule has 0 aliphatic carbocycles. The van der Waals surface area contributed by atoms with E-state index in [0.717, 1.165) is 5.56 Å². The number of rotatable bonds is 2. The van der Waals surface area contributed by atoms with Gasteiger partial charge in [-0.05, 0) is 29.7 Å². The lowest BCUT2D eigenvalue weighted by Crippen LogP contribution is -2.40. The van der Waals surface area contributed by atoms with Gasteiger partial charge in [-0.1, -0.05) is 6.07 Å². The molecule has 0 spiro atoms. The number of primary sulfonamides is 1. The maximum Gasteiger partial charge on any atom is 0.254 e. The lowest BCUT2D eigenvalue weighted by atomic mass is 9.96. The van der Waals surface area contributed by atoms with Gasteiger partial charge in [-0.2, -0.15) is 0 Å². The van der Waals surface area contributed by atoms with E-state index in [4.69, 9.17) is 5.14 Å². The van der Waals surface area contributed by atoms with Crippen LogP contribution in [0.15, 0.2) is 23.1 Å². The third kappa shape index (κ3) is 3.17. The van der Waals surface area contributed by atoms with Gasteiger partial charge in [-0.3, -0.25) is 0 Å². The standard InChI is InChI=1S/C10H12F2N2O2S.ClH/c11-10(12)9-4-6-1-2-8(17(13,15)16)3-7(6)5-14-9;/h1-3,9-10,14H,4-5H2,(H2,13,15,16);1H. The van der Waals surface area contributed by atoms with Gasteiger partial charge >= 0.3 is 0 Å². The van der Waals surface area contributed by atoms with Crippen LogP contribution in [-0.2, 0) is 23.0 Å². The maximum absolute atomic E-state index is 12.5. The van der Waals surface area contributed by atoms with Gasteiger partial charge in [0.1, 0.15) is 0 Å². The third-order valence-electron chi connectivity index (χ3n) is 2.80. The van der Waals surface area contributed by atoms with Crippen LogP contribution >= 0.6 is 12.4 Å². The lowest BCUT2D eigenvalue weighted by Gasteiger charge is -2.25. The van der Waals surface area contributed by atoms with Gasteiger partial charge in [0.05, 0.1) is 10.9 Å². The summed E-state index contributed by atoms with van der Waals surface area (Å²) in [6, 6.07) is 3.45. The first-order chi connectivity index (χ1) is 7.88.